The Hall–Kier alpha value is -0.910. The van der Waals surface area contributed by atoms with E-state index in [4.69, 9.17) is 14.2 Å². The van der Waals surface area contributed by atoms with Crippen LogP contribution in [0.1, 0.15) is 10.4 Å². The van der Waals surface area contributed by atoms with E-state index < -0.39 is 0 Å². The molecule has 0 aliphatic heterocycles. The molecule has 0 N–H and O–H groups in total. The van der Waals surface area contributed by atoms with E-state index in [1.807, 2.05) is 0 Å². The molecule has 1 rings (SSSR count). The summed E-state index contributed by atoms with van der Waals surface area (Å²) in [5, 5.41) is 0. The Kier molecular flexibility index (Phi) is 6.18. The minimum atomic E-state index is -0.0653. The molecule has 0 saturated heterocycles. The Morgan fingerprint density at radius 3 is 2.65 bits per heavy atom. The molecule has 4 nitrogen and oxygen atoms in total. The van der Waals surface area contributed by atoms with Crippen LogP contribution in [0.2, 0.25) is 0 Å². The van der Waals surface area contributed by atoms with E-state index in [0.29, 0.717) is 24.5 Å². The lowest BCUT2D eigenvalue weighted by Crippen LogP contribution is -2.12. The molecule has 0 fully saturated rings. The van der Waals surface area contributed by atoms with Gasteiger partial charge in [-0.2, -0.15) is 0 Å². The maximum atomic E-state index is 11.7. The van der Waals surface area contributed by atoms with Gasteiger partial charge in [-0.1, -0.05) is 0 Å². The fourth-order valence-electron chi connectivity index (χ4n) is 1.23. The average Bonchev–Trinajstić information content (AvgIpc) is 2.34. The van der Waals surface area contributed by atoms with Gasteiger partial charge in [-0.15, -0.1) is 0 Å². The first kappa shape index (κ1) is 14.2. The van der Waals surface area contributed by atoms with Crippen LogP contribution in [0.3, 0.4) is 0 Å². The molecule has 0 amide bonds. The van der Waals surface area contributed by atoms with Crippen LogP contribution >= 0.6 is 15.9 Å². The van der Waals surface area contributed by atoms with Crippen LogP contribution in [-0.4, -0.2) is 39.8 Å². The predicted molar refractivity (Wildman–Crippen MR) is 67.7 cm³/mol. The van der Waals surface area contributed by atoms with Gasteiger partial charge >= 0.3 is 0 Å². The average molecular weight is 303 g/mol. The number of hydrogen-bond donors (Lipinski definition) is 0. The molecule has 0 bridgehead atoms. The van der Waals surface area contributed by atoms with Crippen LogP contribution in [0, 0.1) is 0 Å². The Morgan fingerprint density at radius 1 is 1.29 bits per heavy atom. The number of ketones is 1. The number of methoxy groups -OCH3 is 2. The molecule has 0 aliphatic rings. The topological polar surface area (TPSA) is 44.8 Å². The van der Waals surface area contributed by atoms with Crippen LogP contribution in [0.25, 0.3) is 0 Å². The number of rotatable bonds is 7. The molecule has 17 heavy (non-hydrogen) atoms. The number of carbonyl (C=O) groups is 1. The van der Waals surface area contributed by atoms with E-state index in [1.165, 1.54) is 0 Å². The molecule has 0 saturated carbocycles. The number of hydrogen-bond acceptors (Lipinski definition) is 4. The highest BCUT2D eigenvalue weighted by Crippen LogP contribution is 2.25. The molecule has 1 aromatic carbocycles. The third kappa shape index (κ3) is 4.46. The summed E-state index contributed by atoms with van der Waals surface area (Å²) in [6, 6.07) is 5.18. The minimum absolute atomic E-state index is 0.0577. The van der Waals surface area contributed by atoms with Gasteiger partial charge in [0.2, 0.25) is 0 Å². The molecule has 0 heterocycles. The molecule has 0 spiro atoms. The van der Waals surface area contributed by atoms with E-state index in [1.54, 1.807) is 32.4 Å². The van der Waals surface area contributed by atoms with Crippen LogP contribution < -0.4 is 4.74 Å². The summed E-state index contributed by atoms with van der Waals surface area (Å²) in [5.74, 6) is 0.631. The maximum absolute atomic E-state index is 11.7. The molecule has 1 aromatic rings. The second kappa shape index (κ2) is 7.42. The standard InChI is InChI=1S/C12H15BrO4/c1-15-5-6-17-8-11(14)9-3-4-12(16-2)10(13)7-9/h3-4,7H,5-6,8H2,1-2H3. The number of halogens is 1. The van der Waals surface area contributed by atoms with Crippen molar-refractivity contribution in [2.45, 2.75) is 0 Å². The predicted octanol–water partition coefficient (Wildman–Crippen LogP) is 2.30. The van der Waals surface area contributed by atoms with E-state index >= 15 is 0 Å². The molecule has 5 heteroatoms. The fourth-order valence-corrected chi connectivity index (χ4v) is 1.77. The van der Waals surface area contributed by atoms with Gasteiger partial charge in [-0.05, 0) is 34.1 Å². The zero-order valence-electron chi connectivity index (χ0n) is 9.86. The summed E-state index contributed by atoms with van der Waals surface area (Å²) < 4.78 is 15.8. The van der Waals surface area contributed by atoms with Crippen molar-refractivity contribution in [3.8, 4) is 5.75 Å². The first-order valence-corrected chi connectivity index (χ1v) is 5.91. The summed E-state index contributed by atoms with van der Waals surface area (Å²) in [5.41, 5.74) is 0.593. The monoisotopic (exact) mass is 302 g/mol. The van der Waals surface area contributed by atoms with Crippen molar-refractivity contribution < 1.29 is 19.0 Å². The first-order valence-electron chi connectivity index (χ1n) is 5.12. The number of benzene rings is 1. The van der Waals surface area contributed by atoms with E-state index in [9.17, 15) is 4.79 Å². The Bertz CT molecular complexity index is 379. The second-order valence-electron chi connectivity index (χ2n) is 3.32. The van der Waals surface area contributed by atoms with Gasteiger partial charge in [0.1, 0.15) is 12.4 Å². The van der Waals surface area contributed by atoms with E-state index in [0.717, 1.165) is 4.47 Å². The largest absolute Gasteiger partial charge is 0.496 e. The SMILES string of the molecule is COCCOCC(=O)c1ccc(OC)c(Br)c1. The zero-order chi connectivity index (χ0) is 12.7. The van der Waals surface area contributed by atoms with Crippen molar-refractivity contribution in [3.63, 3.8) is 0 Å². The van der Waals surface area contributed by atoms with Crippen molar-refractivity contribution in [2.75, 3.05) is 34.0 Å². The fraction of sp³-hybridized carbons (Fsp3) is 0.417. The van der Waals surface area contributed by atoms with Gasteiger partial charge in [0.15, 0.2) is 5.78 Å². The summed E-state index contributed by atoms with van der Waals surface area (Å²) in [7, 11) is 3.17. The van der Waals surface area contributed by atoms with Gasteiger partial charge in [-0.25, -0.2) is 0 Å². The normalized spacial score (nSPS) is 10.3. The lowest BCUT2D eigenvalue weighted by molar-refractivity contribution is 0.0577. The first-order chi connectivity index (χ1) is 8.19. The number of Topliss-reactive ketones (excluding diaryl/α,β-unsaturated/α-hetero) is 1. The second-order valence-corrected chi connectivity index (χ2v) is 4.17. The van der Waals surface area contributed by atoms with Crippen LogP contribution in [-0.2, 0) is 9.47 Å². The molecule has 0 aromatic heterocycles. The highest BCUT2D eigenvalue weighted by molar-refractivity contribution is 9.10. The maximum Gasteiger partial charge on any atom is 0.188 e. The van der Waals surface area contributed by atoms with Gasteiger partial charge in [0.25, 0.3) is 0 Å². The Labute approximate surface area is 109 Å². The van der Waals surface area contributed by atoms with Crippen molar-refractivity contribution in [1.29, 1.82) is 0 Å². The summed E-state index contributed by atoms with van der Waals surface area (Å²) in [6.45, 7) is 0.960. The van der Waals surface area contributed by atoms with Crippen molar-refractivity contribution >= 4 is 21.7 Å². The number of carbonyl (C=O) groups excluding carboxylic acids is 1. The molecule has 94 valence electrons. The molecular weight excluding hydrogens is 288 g/mol. The van der Waals surface area contributed by atoms with Crippen molar-refractivity contribution in [3.05, 3.63) is 28.2 Å². The van der Waals surface area contributed by atoms with E-state index in [-0.39, 0.29) is 12.4 Å². The van der Waals surface area contributed by atoms with Gasteiger partial charge in [0, 0.05) is 12.7 Å². The third-order valence-corrected chi connectivity index (χ3v) is 2.76. The lowest BCUT2D eigenvalue weighted by atomic mass is 10.1. The smallest absolute Gasteiger partial charge is 0.188 e. The van der Waals surface area contributed by atoms with Crippen molar-refractivity contribution in [2.24, 2.45) is 0 Å². The Morgan fingerprint density at radius 2 is 2.06 bits per heavy atom. The zero-order valence-corrected chi connectivity index (χ0v) is 11.5. The molecule has 0 radical (unpaired) electrons. The lowest BCUT2D eigenvalue weighted by Gasteiger charge is -2.06. The summed E-state index contributed by atoms with van der Waals surface area (Å²) in [6.07, 6.45) is 0. The highest BCUT2D eigenvalue weighted by atomic mass is 79.9. The van der Waals surface area contributed by atoms with E-state index in [2.05, 4.69) is 15.9 Å². The molecule has 0 aliphatic carbocycles. The summed E-state index contributed by atoms with van der Waals surface area (Å²) in [4.78, 5) is 11.7. The van der Waals surface area contributed by atoms with Crippen molar-refractivity contribution in [1.82, 2.24) is 0 Å². The van der Waals surface area contributed by atoms with Gasteiger partial charge in [-0.3, -0.25) is 4.79 Å². The van der Waals surface area contributed by atoms with Crippen LogP contribution in [0.15, 0.2) is 22.7 Å². The Balaban J connectivity index is 2.54. The molecule has 0 atom stereocenters. The van der Waals surface area contributed by atoms with Gasteiger partial charge < -0.3 is 14.2 Å². The molecule has 0 unspecified atom stereocenters. The minimum Gasteiger partial charge on any atom is -0.496 e. The molecular formula is C12H15BrO4. The van der Waals surface area contributed by atoms with Crippen LogP contribution in [0.5, 0.6) is 5.75 Å². The number of ether oxygens (including phenoxy) is 3. The third-order valence-electron chi connectivity index (χ3n) is 2.14. The quantitative estimate of drug-likeness (QED) is 0.573. The summed E-state index contributed by atoms with van der Waals surface area (Å²) >= 11 is 3.33. The highest BCUT2D eigenvalue weighted by Gasteiger charge is 2.08. The van der Waals surface area contributed by atoms with Crippen LogP contribution in [0.4, 0.5) is 0 Å². The van der Waals surface area contributed by atoms with Gasteiger partial charge in [0.05, 0.1) is 24.8 Å².